The topological polar surface area (TPSA) is 68.7 Å². The van der Waals surface area contributed by atoms with Crippen LogP contribution in [0.25, 0.3) is 10.9 Å². The van der Waals surface area contributed by atoms with E-state index in [0.717, 1.165) is 54.4 Å². The number of fused-ring (bicyclic) bond motifs is 4. The quantitative estimate of drug-likeness (QED) is 0.293. The number of esters is 1. The number of rotatable bonds is 7. The highest BCUT2D eigenvalue weighted by Crippen LogP contribution is 2.43. The summed E-state index contributed by atoms with van der Waals surface area (Å²) < 4.78 is 11.4. The van der Waals surface area contributed by atoms with Gasteiger partial charge in [0.2, 0.25) is 0 Å². The Morgan fingerprint density at radius 3 is 2.84 bits per heavy atom. The molecule has 31 heavy (non-hydrogen) atoms. The van der Waals surface area contributed by atoms with Crippen molar-refractivity contribution in [3.63, 3.8) is 0 Å². The molecule has 3 saturated heterocycles. The zero-order valence-electron chi connectivity index (χ0n) is 17.9. The van der Waals surface area contributed by atoms with Crippen LogP contribution in [0, 0.1) is 11.8 Å². The number of carbonyl (C=O) groups excluding carboxylic acids is 2. The number of aldehydes is 1. The molecular formula is C25H28N2O4. The average molecular weight is 421 g/mol. The molecule has 1 aromatic heterocycles. The van der Waals surface area contributed by atoms with E-state index in [1.54, 1.807) is 19.4 Å². The number of methoxy groups -OCH3 is 1. The first kappa shape index (κ1) is 21.2. The number of aromatic nitrogens is 1. The van der Waals surface area contributed by atoms with Gasteiger partial charge >= 0.3 is 5.97 Å². The first-order valence-corrected chi connectivity index (χ1v) is 10.7. The van der Waals surface area contributed by atoms with E-state index < -0.39 is 0 Å². The molecule has 6 nitrogen and oxygen atoms in total. The Labute approximate surface area is 182 Å². The molecule has 3 fully saturated rings. The molecule has 1 unspecified atom stereocenters. The second kappa shape index (κ2) is 9.43. The molecule has 0 radical (unpaired) electrons. The van der Waals surface area contributed by atoms with E-state index in [1.165, 1.54) is 13.0 Å². The van der Waals surface area contributed by atoms with Gasteiger partial charge < -0.3 is 9.47 Å². The van der Waals surface area contributed by atoms with Crippen molar-refractivity contribution in [3.8, 4) is 5.75 Å². The summed E-state index contributed by atoms with van der Waals surface area (Å²) in [7, 11) is 1.64. The second-order valence-electron chi connectivity index (χ2n) is 8.23. The van der Waals surface area contributed by atoms with Gasteiger partial charge in [0.15, 0.2) is 0 Å². The molecule has 4 heterocycles. The standard InChI is InChI=1S/C25H28N2O4/c1-17(29)31-25(21-9-11-26-23-8-7-20(30-2)15-22(21)23)24-14-18-10-12-27(24)16-19(18)6-4-3-5-13-28/h3-9,11,13,15,18-19,24-25H,10,12,14,16H2,1-2H3/b5-3+,6-4-/t18-,19-,24+,25-/m0/s1. The smallest absolute Gasteiger partial charge is 0.303 e. The highest BCUT2D eigenvalue weighted by molar-refractivity contribution is 5.84. The molecule has 3 aliphatic heterocycles. The number of benzene rings is 1. The predicted octanol–water partition coefficient (Wildman–Crippen LogP) is 3.87. The monoisotopic (exact) mass is 420 g/mol. The lowest BCUT2D eigenvalue weighted by molar-refractivity contribution is -0.154. The fourth-order valence-electron chi connectivity index (χ4n) is 5.01. The molecule has 0 spiro atoms. The Hall–Kier alpha value is -2.99. The first-order chi connectivity index (χ1) is 15.1. The Morgan fingerprint density at radius 2 is 2.13 bits per heavy atom. The molecule has 6 heteroatoms. The zero-order valence-corrected chi connectivity index (χ0v) is 17.9. The van der Waals surface area contributed by atoms with E-state index >= 15 is 0 Å². The Bertz CT molecular complexity index is 1020. The largest absolute Gasteiger partial charge is 0.497 e. The van der Waals surface area contributed by atoms with Crippen molar-refractivity contribution in [2.24, 2.45) is 11.8 Å². The molecule has 1 aromatic carbocycles. The minimum absolute atomic E-state index is 0.120. The van der Waals surface area contributed by atoms with Crippen LogP contribution < -0.4 is 4.74 Å². The fraction of sp³-hybridized carbons (Fsp3) is 0.400. The normalized spacial score (nSPS) is 26.4. The highest BCUT2D eigenvalue weighted by Gasteiger charge is 2.44. The van der Waals surface area contributed by atoms with E-state index in [-0.39, 0.29) is 18.1 Å². The lowest BCUT2D eigenvalue weighted by Crippen LogP contribution is -2.55. The van der Waals surface area contributed by atoms with Crippen LogP contribution in [0.3, 0.4) is 0 Å². The van der Waals surface area contributed by atoms with Crippen LogP contribution in [0.2, 0.25) is 0 Å². The third kappa shape index (κ3) is 4.54. The highest BCUT2D eigenvalue weighted by atomic mass is 16.5. The Kier molecular flexibility index (Phi) is 6.47. The summed E-state index contributed by atoms with van der Waals surface area (Å²) in [6.45, 7) is 3.39. The maximum atomic E-state index is 12.1. The van der Waals surface area contributed by atoms with Crippen LogP contribution in [0.5, 0.6) is 5.75 Å². The molecule has 162 valence electrons. The molecule has 5 atom stereocenters. The van der Waals surface area contributed by atoms with Crippen molar-refractivity contribution in [1.29, 1.82) is 0 Å². The number of allylic oxidation sites excluding steroid dienone is 3. The maximum Gasteiger partial charge on any atom is 0.303 e. The molecule has 0 amide bonds. The number of piperidine rings is 3. The molecule has 2 bridgehead atoms. The second-order valence-corrected chi connectivity index (χ2v) is 8.23. The van der Waals surface area contributed by atoms with Crippen LogP contribution in [-0.4, -0.2) is 48.4 Å². The Balaban J connectivity index is 1.65. The number of ether oxygens (including phenoxy) is 2. The number of pyridine rings is 1. The fourth-order valence-corrected chi connectivity index (χ4v) is 5.01. The third-order valence-electron chi connectivity index (χ3n) is 6.44. The summed E-state index contributed by atoms with van der Waals surface area (Å²) in [6.07, 6.45) is 11.7. The summed E-state index contributed by atoms with van der Waals surface area (Å²) >= 11 is 0. The number of hydrogen-bond donors (Lipinski definition) is 0. The molecule has 0 N–H and O–H groups in total. The lowest BCUT2D eigenvalue weighted by atomic mass is 9.73. The van der Waals surface area contributed by atoms with E-state index in [9.17, 15) is 9.59 Å². The Morgan fingerprint density at radius 1 is 1.26 bits per heavy atom. The molecule has 0 saturated carbocycles. The number of hydrogen-bond acceptors (Lipinski definition) is 6. The van der Waals surface area contributed by atoms with Crippen molar-refractivity contribution in [2.45, 2.75) is 31.9 Å². The van der Waals surface area contributed by atoms with Gasteiger partial charge in [-0.3, -0.25) is 19.5 Å². The maximum absolute atomic E-state index is 12.1. The molecular weight excluding hydrogens is 392 g/mol. The SMILES string of the molecule is COc1ccc2nccc([C@H](OC(C)=O)[C@H]3C[C@@H]4CCN3C[C@@H]4/C=C\C=C\C=O)c2c1. The van der Waals surface area contributed by atoms with Crippen molar-refractivity contribution >= 4 is 23.2 Å². The predicted molar refractivity (Wildman–Crippen MR) is 119 cm³/mol. The molecule has 2 aromatic rings. The lowest BCUT2D eigenvalue weighted by Gasteiger charge is -2.51. The van der Waals surface area contributed by atoms with Crippen LogP contribution in [0.1, 0.15) is 31.4 Å². The van der Waals surface area contributed by atoms with E-state index in [2.05, 4.69) is 16.0 Å². The molecule has 5 rings (SSSR count). The van der Waals surface area contributed by atoms with Crippen LogP contribution in [0.15, 0.2) is 54.8 Å². The first-order valence-electron chi connectivity index (χ1n) is 10.7. The van der Waals surface area contributed by atoms with Crippen LogP contribution in [-0.2, 0) is 14.3 Å². The van der Waals surface area contributed by atoms with Gasteiger partial charge in [0, 0.05) is 30.6 Å². The minimum Gasteiger partial charge on any atom is -0.497 e. The summed E-state index contributed by atoms with van der Waals surface area (Å²) in [5.41, 5.74) is 1.83. The van der Waals surface area contributed by atoms with E-state index in [1.807, 2.05) is 30.3 Å². The van der Waals surface area contributed by atoms with Gasteiger partial charge in [-0.2, -0.15) is 0 Å². The van der Waals surface area contributed by atoms with Gasteiger partial charge in [-0.15, -0.1) is 0 Å². The number of carbonyl (C=O) groups is 2. The van der Waals surface area contributed by atoms with Crippen LogP contribution >= 0.6 is 0 Å². The van der Waals surface area contributed by atoms with Gasteiger partial charge in [-0.05, 0) is 61.6 Å². The number of nitrogens with zero attached hydrogens (tertiary/aromatic N) is 2. The van der Waals surface area contributed by atoms with Crippen LogP contribution in [0.4, 0.5) is 0 Å². The average Bonchev–Trinajstić information content (AvgIpc) is 2.80. The molecule has 0 aliphatic carbocycles. The van der Waals surface area contributed by atoms with E-state index in [4.69, 9.17) is 9.47 Å². The van der Waals surface area contributed by atoms with Gasteiger partial charge in [0.05, 0.1) is 18.7 Å². The third-order valence-corrected chi connectivity index (χ3v) is 6.44. The summed E-state index contributed by atoms with van der Waals surface area (Å²) in [6, 6.07) is 7.87. The van der Waals surface area contributed by atoms with Crippen molar-refractivity contribution in [1.82, 2.24) is 9.88 Å². The van der Waals surface area contributed by atoms with Gasteiger partial charge in [-0.1, -0.05) is 18.2 Å². The van der Waals surface area contributed by atoms with Crippen molar-refractivity contribution < 1.29 is 19.1 Å². The van der Waals surface area contributed by atoms with Gasteiger partial charge in [0.1, 0.15) is 18.1 Å². The zero-order chi connectivity index (χ0) is 21.8. The van der Waals surface area contributed by atoms with Gasteiger partial charge in [0.25, 0.3) is 0 Å². The minimum atomic E-state index is -0.363. The van der Waals surface area contributed by atoms with Crippen molar-refractivity contribution in [2.75, 3.05) is 20.2 Å². The molecule has 3 aliphatic rings. The summed E-state index contributed by atoms with van der Waals surface area (Å²) in [5, 5.41) is 0.950. The van der Waals surface area contributed by atoms with E-state index in [0.29, 0.717) is 11.8 Å². The summed E-state index contributed by atoms with van der Waals surface area (Å²) in [5.74, 6) is 1.43. The van der Waals surface area contributed by atoms with Crippen molar-refractivity contribution in [3.05, 3.63) is 60.3 Å². The van der Waals surface area contributed by atoms with Gasteiger partial charge in [-0.25, -0.2) is 0 Å². The summed E-state index contributed by atoms with van der Waals surface area (Å²) in [4.78, 5) is 29.5.